The predicted molar refractivity (Wildman–Crippen MR) is 108 cm³/mol. The highest BCUT2D eigenvalue weighted by Gasteiger charge is 2.35. The van der Waals surface area contributed by atoms with E-state index in [1.54, 1.807) is 18.5 Å². The lowest BCUT2D eigenvalue weighted by Crippen LogP contribution is -2.52. The Hall–Kier alpha value is -2.98. The molecular weight excluding hydrogens is 392 g/mol. The first-order valence-electron chi connectivity index (χ1n) is 9.32. The van der Waals surface area contributed by atoms with Gasteiger partial charge in [-0.3, -0.25) is 4.90 Å². The lowest BCUT2D eigenvalue weighted by Gasteiger charge is -2.36. The molecular formula is C19H22N6O3S. The van der Waals surface area contributed by atoms with E-state index in [0.717, 1.165) is 37.0 Å². The molecule has 1 atom stereocenters. The molecule has 2 aromatic rings. The zero-order valence-electron chi connectivity index (χ0n) is 16.0. The summed E-state index contributed by atoms with van der Waals surface area (Å²) in [4.78, 5) is 38.6. The second-order valence-corrected chi connectivity index (χ2v) is 7.72. The van der Waals surface area contributed by atoms with Gasteiger partial charge in [0.05, 0.1) is 18.7 Å². The second-order valence-electron chi connectivity index (χ2n) is 6.74. The van der Waals surface area contributed by atoms with Gasteiger partial charge in [0.15, 0.2) is 0 Å². The topological polar surface area (TPSA) is 99.7 Å². The number of hydrogen-bond donors (Lipinski definition) is 2. The standard InChI is InChI=1S/C19H22N6O3S/c1-28-17(26)15-13(22-19(27)23-16(15)14-4-2-11-29-14)12-24-7-9-25(10-8-24)18-20-5-3-6-21-18/h2-6,11,16H,7-10,12H2,1H3,(H2,22,23,27)/t16-/m1/s1. The highest BCUT2D eigenvalue weighted by molar-refractivity contribution is 7.10. The number of carbonyl (C=O) groups is 2. The average molecular weight is 414 g/mol. The van der Waals surface area contributed by atoms with E-state index in [1.165, 1.54) is 18.4 Å². The van der Waals surface area contributed by atoms with Crippen LogP contribution in [0.25, 0.3) is 0 Å². The molecule has 2 aromatic heterocycles. The number of ether oxygens (including phenoxy) is 1. The Labute approximate surface area is 172 Å². The minimum atomic E-state index is -0.509. The quantitative estimate of drug-likeness (QED) is 0.708. The lowest BCUT2D eigenvalue weighted by atomic mass is 10.0. The van der Waals surface area contributed by atoms with Gasteiger partial charge in [-0.1, -0.05) is 6.07 Å². The highest BCUT2D eigenvalue weighted by Crippen LogP contribution is 2.30. The third-order valence-corrected chi connectivity index (χ3v) is 5.91. The SMILES string of the molecule is COC(=O)C1=C(CN2CCN(c3ncccn3)CC2)NC(=O)N[C@@H]1c1cccs1. The maximum absolute atomic E-state index is 12.6. The lowest BCUT2D eigenvalue weighted by molar-refractivity contribution is -0.136. The molecule has 1 fully saturated rings. The van der Waals surface area contributed by atoms with E-state index < -0.39 is 12.0 Å². The Bertz CT molecular complexity index is 894. The van der Waals surface area contributed by atoms with Crippen LogP contribution in [-0.2, 0) is 9.53 Å². The number of carbonyl (C=O) groups excluding carboxylic acids is 2. The van der Waals surface area contributed by atoms with Gasteiger partial charge in [-0.25, -0.2) is 19.6 Å². The monoisotopic (exact) mass is 414 g/mol. The van der Waals surface area contributed by atoms with Gasteiger partial charge in [0, 0.05) is 55.7 Å². The fourth-order valence-corrected chi connectivity index (χ4v) is 4.33. The Morgan fingerprint density at radius 2 is 2.00 bits per heavy atom. The number of urea groups is 1. The van der Waals surface area contributed by atoms with E-state index in [9.17, 15) is 9.59 Å². The summed E-state index contributed by atoms with van der Waals surface area (Å²) < 4.78 is 5.02. The number of nitrogens with one attached hydrogen (secondary N) is 2. The van der Waals surface area contributed by atoms with Gasteiger partial charge < -0.3 is 20.3 Å². The van der Waals surface area contributed by atoms with Gasteiger partial charge in [-0.2, -0.15) is 0 Å². The minimum Gasteiger partial charge on any atom is -0.466 e. The van der Waals surface area contributed by atoms with E-state index in [2.05, 4.69) is 30.4 Å². The van der Waals surface area contributed by atoms with Gasteiger partial charge >= 0.3 is 12.0 Å². The van der Waals surface area contributed by atoms with Crippen molar-refractivity contribution < 1.29 is 14.3 Å². The zero-order valence-corrected chi connectivity index (χ0v) is 16.8. The third kappa shape index (κ3) is 4.22. The average Bonchev–Trinajstić information content (AvgIpc) is 3.29. The van der Waals surface area contributed by atoms with Gasteiger partial charge in [0.2, 0.25) is 5.95 Å². The Morgan fingerprint density at radius 1 is 1.24 bits per heavy atom. The maximum atomic E-state index is 12.6. The Kier molecular flexibility index (Phi) is 5.72. The van der Waals surface area contributed by atoms with E-state index >= 15 is 0 Å². The number of methoxy groups -OCH3 is 1. The van der Waals surface area contributed by atoms with Crippen LogP contribution in [0.2, 0.25) is 0 Å². The predicted octanol–water partition coefficient (Wildman–Crippen LogP) is 1.14. The fourth-order valence-electron chi connectivity index (χ4n) is 3.55. The number of anilines is 1. The highest BCUT2D eigenvalue weighted by atomic mass is 32.1. The molecule has 0 aromatic carbocycles. The molecule has 2 N–H and O–H groups in total. The second kappa shape index (κ2) is 8.58. The number of nitrogens with zero attached hydrogens (tertiary/aromatic N) is 4. The molecule has 4 heterocycles. The molecule has 0 unspecified atom stereocenters. The largest absolute Gasteiger partial charge is 0.466 e. The van der Waals surface area contributed by atoms with Crippen molar-refractivity contribution in [1.82, 2.24) is 25.5 Å². The number of amides is 2. The summed E-state index contributed by atoms with van der Waals surface area (Å²) in [6, 6.07) is 4.77. The maximum Gasteiger partial charge on any atom is 0.338 e. The van der Waals surface area contributed by atoms with Crippen molar-refractivity contribution >= 4 is 29.3 Å². The molecule has 0 bridgehead atoms. The molecule has 0 spiro atoms. The first kappa shape index (κ1) is 19.3. The van der Waals surface area contributed by atoms with E-state index in [-0.39, 0.29) is 6.03 Å². The molecule has 2 aliphatic rings. The smallest absolute Gasteiger partial charge is 0.338 e. The van der Waals surface area contributed by atoms with Crippen LogP contribution in [0.1, 0.15) is 10.9 Å². The molecule has 9 nitrogen and oxygen atoms in total. The Balaban J connectivity index is 1.52. The summed E-state index contributed by atoms with van der Waals surface area (Å²) in [5, 5.41) is 7.58. The summed E-state index contributed by atoms with van der Waals surface area (Å²) in [6.45, 7) is 3.53. The molecule has 0 saturated carbocycles. The van der Waals surface area contributed by atoms with Crippen LogP contribution >= 0.6 is 11.3 Å². The van der Waals surface area contributed by atoms with Crippen LogP contribution in [0.5, 0.6) is 0 Å². The Morgan fingerprint density at radius 3 is 2.66 bits per heavy atom. The van der Waals surface area contributed by atoms with Crippen LogP contribution in [0, 0.1) is 0 Å². The van der Waals surface area contributed by atoms with E-state index in [1.807, 2.05) is 17.5 Å². The van der Waals surface area contributed by atoms with Crippen molar-refractivity contribution in [3.63, 3.8) is 0 Å². The summed E-state index contributed by atoms with van der Waals surface area (Å²) in [5.74, 6) is 0.275. The summed E-state index contributed by atoms with van der Waals surface area (Å²) in [5.41, 5.74) is 1.03. The molecule has 1 saturated heterocycles. The molecule has 10 heteroatoms. The fraction of sp³-hybridized carbons (Fsp3) is 0.368. The first-order chi connectivity index (χ1) is 14.2. The van der Waals surface area contributed by atoms with Crippen molar-refractivity contribution in [3.05, 3.63) is 52.1 Å². The third-order valence-electron chi connectivity index (χ3n) is 4.98. The van der Waals surface area contributed by atoms with Crippen LogP contribution in [-0.4, -0.2) is 66.7 Å². The number of hydrogen-bond acceptors (Lipinski definition) is 8. The van der Waals surface area contributed by atoms with Crippen molar-refractivity contribution in [2.75, 3.05) is 44.7 Å². The van der Waals surface area contributed by atoms with Crippen molar-refractivity contribution in [2.24, 2.45) is 0 Å². The number of rotatable bonds is 5. The normalized spacial score (nSPS) is 20.2. The summed E-state index contributed by atoms with van der Waals surface area (Å²) in [6.07, 6.45) is 3.47. The number of thiophene rings is 1. The minimum absolute atomic E-state index is 0.317. The van der Waals surface area contributed by atoms with Crippen molar-refractivity contribution in [3.8, 4) is 0 Å². The zero-order chi connectivity index (χ0) is 20.2. The van der Waals surface area contributed by atoms with Crippen molar-refractivity contribution in [2.45, 2.75) is 6.04 Å². The summed E-state index contributed by atoms with van der Waals surface area (Å²) >= 11 is 1.49. The first-order valence-corrected chi connectivity index (χ1v) is 10.2. The van der Waals surface area contributed by atoms with Crippen LogP contribution in [0.15, 0.2) is 47.2 Å². The number of aromatic nitrogens is 2. The molecule has 0 radical (unpaired) electrons. The summed E-state index contributed by atoms with van der Waals surface area (Å²) in [7, 11) is 1.35. The van der Waals surface area contributed by atoms with Crippen LogP contribution in [0.4, 0.5) is 10.7 Å². The molecule has 2 aliphatic heterocycles. The van der Waals surface area contributed by atoms with E-state index in [4.69, 9.17) is 4.74 Å². The molecule has 29 heavy (non-hydrogen) atoms. The number of piperazine rings is 1. The van der Waals surface area contributed by atoms with Crippen molar-refractivity contribution in [1.29, 1.82) is 0 Å². The molecule has 2 amide bonds. The van der Waals surface area contributed by atoms with Gasteiger partial charge in [0.1, 0.15) is 0 Å². The molecule has 0 aliphatic carbocycles. The van der Waals surface area contributed by atoms with Gasteiger partial charge in [-0.05, 0) is 17.5 Å². The van der Waals surface area contributed by atoms with Gasteiger partial charge in [-0.15, -0.1) is 11.3 Å². The van der Waals surface area contributed by atoms with Gasteiger partial charge in [0.25, 0.3) is 0 Å². The van der Waals surface area contributed by atoms with Crippen LogP contribution in [0.3, 0.4) is 0 Å². The molecule has 152 valence electrons. The van der Waals surface area contributed by atoms with E-state index in [0.29, 0.717) is 17.8 Å². The number of esters is 1. The van der Waals surface area contributed by atoms with Crippen LogP contribution < -0.4 is 15.5 Å². The molecule has 4 rings (SSSR count).